The van der Waals surface area contributed by atoms with Crippen LogP contribution in [0.25, 0.3) is 10.8 Å². The fourth-order valence-electron chi connectivity index (χ4n) is 2.07. The molecule has 0 atom stereocenters. The minimum Gasteiger partial charge on any atom is -0.462 e. The molecule has 6 heteroatoms. The highest BCUT2D eigenvalue weighted by Crippen LogP contribution is 2.21. The molecule has 1 heterocycles. The maximum Gasteiger partial charge on any atom is 0.375 e. The Morgan fingerprint density at radius 1 is 0.957 bits per heavy atom. The molecule has 0 spiro atoms. The van der Waals surface area contributed by atoms with Gasteiger partial charge in [0, 0.05) is 5.39 Å². The molecule has 0 aliphatic rings. The van der Waals surface area contributed by atoms with E-state index < -0.39 is 23.3 Å². The third kappa shape index (κ3) is 3.59. The number of fused-ring (bicyclic) bond motifs is 1. The van der Waals surface area contributed by atoms with Gasteiger partial charge in [-0.1, -0.05) is 32.0 Å². The Hall–Kier alpha value is -2.63. The zero-order valence-corrected chi connectivity index (χ0v) is 13.1. The fourth-order valence-corrected chi connectivity index (χ4v) is 2.07. The Kier molecular flexibility index (Phi) is 5.51. The summed E-state index contributed by atoms with van der Waals surface area (Å²) in [6.45, 7) is 4.06. The number of carbonyl (C=O) groups excluding carboxylic acids is 2. The molecule has 0 aliphatic carbocycles. The highest BCUT2D eigenvalue weighted by atomic mass is 16.6. The van der Waals surface area contributed by atoms with Crippen LogP contribution in [0.1, 0.15) is 47.6 Å². The van der Waals surface area contributed by atoms with Gasteiger partial charge < -0.3 is 13.9 Å². The maximum absolute atomic E-state index is 12.3. The molecule has 6 nitrogen and oxygen atoms in total. The van der Waals surface area contributed by atoms with E-state index in [0.29, 0.717) is 18.2 Å². The van der Waals surface area contributed by atoms with Crippen molar-refractivity contribution in [1.82, 2.24) is 0 Å². The first-order valence-corrected chi connectivity index (χ1v) is 7.50. The smallest absolute Gasteiger partial charge is 0.375 e. The molecule has 1 aromatic carbocycles. The van der Waals surface area contributed by atoms with Gasteiger partial charge >= 0.3 is 17.6 Å². The molecule has 0 unspecified atom stereocenters. The van der Waals surface area contributed by atoms with Crippen LogP contribution in [0.4, 0.5) is 0 Å². The molecule has 0 fully saturated rings. The summed E-state index contributed by atoms with van der Waals surface area (Å²) in [7, 11) is 0. The summed E-state index contributed by atoms with van der Waals surface area (Å²) >= 11 is 0. The molecule has 122 valence electrons. The quantitative estimate of drug-likeness (QED) is 0.762. The molecule has 0 amide bonds. The number of benzene rings is 1. The minimum absolute atomic E-state index is 0.0743. The number of esters is 2. The predicted octanol–water partition coefficient (Wildman–Crippen LogP) is 2.93. The van der Waals surface area contributed by atoms with Crippen molar-refractivity contribution in [1.29, 1.82) is 0 Å². The van der Waals surface area contributed by atoms with Crippen LogP contribution in [0.5, 0.6) is 0 Å². The topological polar surface area (TPSA) is 82.8 Å². The van der Waals surface area contributed by atoms with Crippen molar-refractivity contribution >= 4 is 22.7 Å². The zero-order valence-electron chi connectivity index (χ0n) is 13.1. The van der Waals surface area contributed by atoms with E-state index in [1.54, 1.807) is 18.2 Å². The van der Waals surface area contributed by atoms with Crippen LogP contribution < -0.4 is 5.63 Å². The maximum atomic E-state index is 12.3. The molecule has 0 radical (unpaired) electrons. The standard InChI is InChI=1S/C17H18O6/c1-3-9-21-16(19)13-11-7-5-6-8-12(11)15(18)23-14(13)17(20)22-10-4-2/h5-8H,3-4,9-10H2,1-2H3. The predicted molar refractivity (Wildman–Crippen MR) is 83.6 cm³/mol. The van der Waals surface area contributed by atoms with Gasteiger partial charge in [0.25, 0.3) is 0 Å². The van der Waals surface area contributed by atoms with E-state index in [0.717, 1.165) is 0 Å². The van der Waals surface area contributed by atoms with Crippen molar-refractivity contribution in [2.45, 2.75) is 26.7 Å². The van der Waals surface area contributed by atoms with Gasteiger partial charge in [0.1, 0.15) is 5.56 Å². The number of carbonyl (C=O) groups is 2. The summed E-state index contributed by atoms with van der Waals surface area (Å²) in [6, 6.07) is 6.42. The zero-order chi connectivity index (χ0) is 16.8. The number of ether oxygens (including phenoxy) is 2. The Morgan fingerprint density at radius 2 is 1.52 bits per heavy atom. The number of rotatable bonds is 6. The van der Waals surface area contributed by atoms with Crippen LogP contribution in [-0.4, -0.2) is 25.2 Å². The lowest BCUT2D eigenvalue weighted by molar-refractivity contribution is 0.0424. The average Bonchev–Trinajstić information content (AvgIpc) is 2.57. The largest absolute Gasteiger partial charge is 0.462 e. The van der Waals surface area contributed by atoms with Gasteiger partial charge in [0.15, 0.2) is 0 Å². The van der Waals surface area contributed by atoms with Crippen LogP contribution in [0, 0.1) is 0 Å². The number of hydrogen-bond acceptors (Lipinski definition) is 6. The van der Waals surface area contributed by atoms with E-state index in [2.05, 4.69) is 0 Å². The van der Waals surface area contributed by atoms with Gasteiger partial charge in [-0.05, 0) is 18.9 Å². The molecule has 23 heavy (non-hydrogen) atoms. The summed E-state index contributed by atoms with van der Waals surface area (Å²) in [5.41, 5.74) is -0.772. The molecule has 1 aromatic heterocycles. The van der Waals surface area contributed by atoms with Crippen LogP contribution in [0.3, 0.4) is 0 Å². The lowest BCUT2D eigenvalue weighted by Crippen LogP contribution is -2.19. The normalized spacial score (nSPS) is 10.5. The monoisotopic (exact) mass is 318 g/mol. The lowest BCUT2D eigenvalue weighted by atomic mass is 10.1. The molecule has 2 rings (SSSR count). The van der Waals surface area contributed by atoms with Crippen LogP contribution >= 0.6 is 0 Å². The van der Waals surface area contributed by atoms with E-state index in [4.69, 9.17) is 13.9 Å². The molecule has 0 N–H and O–H groups in total. The van der Waals surface area contributed by atoms with Gasteiger partial charge in [-0.15, -0.1) is 0 Å². The second-order valence-electron chi connectivity index (χ2n) is 4.91. The first-order chi connectivity index (χ1) is 11.1. The van der Waals surface area contributed by atoms with Gasteiger partial charge in [0.2, 0.25) is 5.76 Å². The molecular weight excluding hydrogens is 300 g/mol. The van der Waals surface area contributed by atoms with Crippen molar-refractivity contribution in [2.75, 3.05) is 13.2 Å². The fraction of sp³-hybridized carbons (Fsp3) is 0.353. The molecule has 0 aliphatic heterocycles. The van der Waals surface area contributed by atoms with E-state index >= 15 is 0 Å². The van der Waals surface area contributed by atoms with Gasteiger partial charge in [0.05, 0.1) is 18.6 Å². The molecule has 0 bridgehead atoms. The molecule has 0 saturated heterocycles. The van der Waals surface area contributed by atoms with E-state index in [-0.39, 0.29) is 24.2 Å². The lowest BCUT2D eigenvalue weighted by Gasteiger charge is -2.10. The Labute approximate surface area is 133 Å². The van der Waals surface area contributed by atoms with Gasteiger partial charge in [-0.3, -0.25) is 0 Å². The summed E-state index contributed by atoms with van der Waals surface area (Å²) in [5, 5.41) is 0.524. The van der Waals surface area contributed by atoms with Crippen molar-refractivity contribution < 1.29 is 23.5 Å². The van der Waals surface area contributed by atoms with E-state index in [1.807, 2.05) is 13.8 Å². The second-order valence-corrected chi connectivity index (χ2v) is 4.91. The molecule has 0 saturated carbocycles. The summed E-state index contributed by atoms with van der Waals surface area (Å²) in [5.74, 6) is -1.98. The molecule has 2 aromatic rings. The minimum atomic E-state index is -0.849. The van der Waals surface area contributed by atoms with Crippen molar-refractivity contribution in [3.05, 3.63) is 46.0 Å². The van der Waals surface area contributed by atoms with Gasteiger partial charge in [-0.2, -0.15) is 0 Å². The highest BCUT2D eigenvalue weighted by molar-refractivity contribution is 6.10. The highest BCUT2D eigenvalue weighted by Gasteiger charge is 2.27. The Bertz CT molecular complexity index is 774. The first-order valence-electron chi connectivity index (χ1n) is 7.50. The number of hydrogen-bond donors (Lipinski definition) is 0. The van der Waals surface area contributed by atoms with Crippen molar-refractivity contribution in [3.63, 3.8) is 0 Å². The van der Waals surface area contributed by atoms with E-state index in [9.17, 15) is 14.4 Å². The summed E-state index contributed by atoms with van der Waals surface area (Å²) in [6.07, 6.45) is 1.25. The SMILES string of the molecule is CCCOC(=O)c1oc(=O)c2ccccc2c1C(=O)OCCC. The van der Waals surface area contributed by atoms with E-state index in [1.165, 1.54) is 6.07 Å². The third-order valence-electron chi connectivity index (χ3n) is 3.10. The van der Waals surface area contributed by atoms with Crippen LogP contribution in [-0.2, 0) is 9.47 Å². The third-order valence-corrected chi connectivity index (χ3v) is 3.10. The Balaban J connectivity index is 2.62. The summed E-state index contributed by atoms with van der Waals surface area (Å²) in [4.78, 5) is 36.5. The molecular formula is C17H18O6. The van der Waals surface area contributed by atoms with Crippen molar-refractivity contribution in [3.8, 4) is 0 Å². The average molecular weight is 318 g/mol. The Morgan fingerprint density at radius 3 is 2.13 bits per heavy atom. The van der Waals surface area contributed by atoms with Crippen LogP contribution in [0.15, 0.2) is 33.5 Å². The second kappa shape index (κ2) is 7.58. The van der Waals surface area contributed by atoms with Crippen LogP contribution in [0.2, 0.25) is 0 Å². The van der Waals surface area contributed by atoms with Crippen molar-refractivity contribution in [2.24, 2.45) is 0 Å². The summed E-state index contributed by atoms with van der Waals surface area (Å²) < 4.78 is 15.2. The first kappa shape index (κ1) is 16.7. The van der Waals surface area contributed by atoms with Gasteiger partial charge in [-0.25, -0.2) is 14.4 Å².